The van der Waals surface area contributed by atoms with Gasteiger partial charge in [-0.3, -0.25) is 9.36 Å². The van der Waals surface area contributed by atoms with Gasteiger partial charge in [-0.15, -0.1) is 10.2 Å². The van der Waals surface area contributed by atoms with Crippen LogP contribution in [0, 0.1) is 20.8 Å². The molecule has 9 heteroatoms. The van der Waals surface area contributed by atoms with Gasteiger partial charge in [-0.1, -0.05) is 36.0 Å². The number of benzene rings is 2. The minimum atomic E-state index is -0.119. The Bertz CT molecular complexity index is 1220. The van der Waals surface area contributed by atoms with E-state index < -0.39 is 0 Å². The Balaban J connectivity index is 1.40. The molecule has 1 N–H and O–H groups in total. The van der Waals surface area contributed by atoms with E-state index in [4.69, 9.17) is 0 Å². The Labute approximate surface area is 191 Å². The van der Waals surface area contributed by atoms with E-state index in [9.17, 15) is 4.79 Å². The van der Waals surface area contributed by atoms with Crippen LogP contribution >= 0.6 is 11.8 Å². The van der Waals surface area contributed by atoms with Gasteiger partial charge in [0.15, 0.2) is 5.16 Å². The second-order valence-electron chi connectivity index (χ2n) is 7.66. The Kier molecular flexibility index (Phi) is 6.36. The highest BCUT2D eigenvalue weighted by Gasteiger charge is 2.16. The van der Waals surface area contributed by atoms with Gasteiger partial charge < -0.3 is 5.32 Å². The van der Waals surface area contributed by atoms with E-state index in [0.29, 0.717) is 5.16 Å². The summed E-state index contributed by atoms with van der Waals surface area (Å²) in [5.74, 6) is 0.989. The summed E-state index contributed by atoms with van der Waals surface area (Å²) in [4.78, 5) is 16.6. The van der Waals surface area contributed by atoms with Crippen LogP contribution in [-0.2, 0) is 4.79 Å². The molecular formula is C23H25N7OS. The molecule has 0 spiro atoms. The highest BCUT2D eigenvalue weighted by atomic mass is 32.2. The van der Waals surface area contributed by atoms with Gasteiger partial charge in [0.1, 0.15) is 18.5 Å². The van der Waals surface area contributed by atoms with Crippen molar-refractivity contribution in [1.29, 1.82) is 0 Å². The Hall–Kier alpha value is -3.46. The van der Waals surface area contributed by atoms with E-state index in [-0.39, 0.29) is 17.7 Å². The zero-order valence-electron chi connectivity index (χ0n) is 18.5. The van der Waals surface area contributed by atoms with Gasteiger partial charge in [-0.2, -0.15) is 5.10 Å². The summed E-state index contributed by atoms with van der Waals surface area (Å²) >= 11 is 1.38. The largest absolute Gasteiger partial charge is 0.349 e. The van der Waals surface area contributed by atoms with E-state index in [1.165, 1.54) is 18.1 Å². The quantitative estimate of drug-likeness (QED) is 0.434. The minimum Gasteiger partial charge on any atom is -0.349 e. The van der Waals surface area contributed by atoms with E-state index in [1.54, 1.807) is 11.0 Å². The Morgan fingerprint density at radius 1 is 1.09 bits per heavy atom. The molecule has 0 saturated heterocycles. The molecule has 0 fully saturated rings. The molecule has 164 valence electrons. The van der Waals surface area contributed by atoms with Gasteiger partial charge >= 0.3 is 0 Å². The molecule has 8 nitrogen and oxygen atoms in total. The number of nitrogens with one attached hydrogen (secondary N) is 1. The normalized spacial score (nSPS) is 12.0. The molecule has 4 rings (SSSR count). The van der Waals surface area contributed by atoms with Crippen LogP contribution in [0.4, 0.5) is 0 Å². The molecule has 0 aliphatic carbocycles. The fourth-order valence-electron chi connectivity index (χ4n) is 3.43. The van der Waals surface area contributed by atoms with Crippen LogP contribution in [0.25, 0.3) is 11.4 Å². The lowest BCUT2D eigenvalue weighted by Gasteiger charge is -2.15. The van der Waals surface area contributed by atoms with Gasteiger partial charge in [0, 0.05) is 0 Å². The molecule has 0 aliphatic rings. The molecule has 2 heterocycles. The summed E-state index contributed by atoms with van der Waals surface area (Å²) in [6.45, 7) is 8.01. The van der Waals surface area contributed by atoms with Crippen LogP contribution in [0.1, 0.15) is 35.5 Å². The van der Waals surface area contributed by atoms with Crippen molar-refractivity contribution in [3.8, 4) is 11.4 Å². The molecule has 0 saturated carbocycles. The second kappa shape index (κ2) is 9.35. The number of aromatic nitrogens is 6. The molecule has 2 aromatic heterocycles. The monoisotopic (exact) mass is 447 g/mol. The lowest BCUT2D eigenvalue weighted by Crippen LogP contribution is -2.28. The van der Waals surface area contributed by atoms with Gasteiger partial charge in [0.2, 0.25) is 5.91 Å². The summed E-state index contributed by atoms with van der Waals surface area (Å²) in [7, 11) is 0. The number of rotatable bonds is 7. The van der Waals surface area contributed by atoms with Crippen molar-refractivity contribution in [2.45, 2.75) is 38.9 Å². The first kappa shape index (κ1) is 21.8. The van der Waals surface area contributed by atoms with Crippen molar-refractivity contribution in [2.24, 2.45) is 0 Å². The highest BCUT2D eigenvalue weighted by Crippen LogP contribution is 2.25. The van der Waals surface area contributed by atoms with E-state index >= 15 is 0 Å². The van der Waals surface area contributed by atoms with Crippen molar-refractivity contribution >= 4 is 17.7 Å². The van der Waals surface area contributed by atoms with Crippen LogP contribution < -0.4 is 5.32 Å². The summed E-state index contributed by atoms with van der Waals surface area (Å²) in [5.41, 5.74) is 5.27. The minimum absolute atomic E-state index is 0.0592. The molecular weight excluding hydrogens is 422 g/mol. The summed E-state index contributed by atoms with van der Waals surface area (Å²) in [6, 6.07) is 14.0. The predicted molar refractivity (Wildman–Crippen MR) is 124 cm³/mol. The third-order valence-electron chi connectivity index (χ3n) is 5.19. The van der Waals surface area contributed by atoms with Crippen molar-refractivity contribution < 1.29 is 4.79 Å². The van der Waals surface area contributed by atoms with Crippen LogP contribution in [0.2, 0.25) is 0 Å². The Morgan fingerprint density at radius 3 is 2.59 bits per heavy atom. The Morgan fingerprint density at radius 2 is 1.88 bits per heavy atom. The fraction of sp³-hybridized carbons (Fsp3) is 0.261. The van der Waals surface area contributed by atoms with Crippen LogP contribution in [0.15, 0.2) is 60.3 Å². The molecule has 0 radical (unpaired) electrons. The standard InChI is InChI=1S/C23H25N7OS/c1-15-5-6-16(2)21(11-15)30-18(4)27-28-23(30)32-12-22(31)26-17(3)19-7-9-20(10-8-19)29-14-24-13-25-29/h5-11,13-14,17H,12H2,1-4H3,(H,26,31). The predicted octanol–water partition coefficient (Wildman–Crippen LogP) is 3.74. The number of hydrogen-bond acceptors (Lipinski definition) is 6. The average Bonchev–Trinajstić information content (AvgIpc) is 3.44. The summed E-state index contributed by atoms with van der Waals surface area (Å²) in [6.07, 6.45) is 3.15. The fourth-order valence-corrected chi connectivity index (χ4v) is 4.23. The third-order valence-corrected chi connectivity index (χ3v) is 6.12. The number of amides is 1. The van der Waals surface area contributed by atoms with Gasteiger partial charge in [0.25, 0.3) is 0 Å². The smallest absolute Gasteiger partial charge is 0.230 e. The zero-order chi connectivity index (χ0) is 22.7. The first-order chi connectivity index (χ1) is 15.4. The maximum Gasteiger partial charge on any atom is 0.230 e. The van der Waals surface area contributed by atoms with E-state index in [1.807, 2.05) is 42.7 Å². The SMILES string of the molecule is Cc1ccc(C)c(-n2c(C)nnc2SCC(=O)NC(C)c2ccc(-n3cncn3)cc2)c1. The maximum absolute atomic E-state index is 12.6. The lowest BCUT2D eigenvalue weighted by atomic mass is 10.1. The maximum atomic E-state index is 12.6. The average molecular weight is 448 g/mol. The van der Waals surface area contributed by atoms with Crippen LogP contribution in [0.5, 0.6) is 0 Å². The lowest BCUT2D eigenvalue weighted by molar-refractivity contribution is -0.119. The molecule has 32 heavy (non-hydrogen) atoms. The second-order valence-corrected chi connectivity index (χ2v) is 8.61. The number of hydrogen-bond donors (Lipinski definition) is 1. The molecule has 1 amide bonds. The number of carbonyl (C=O) groups is 1. The molecule has 0 bridgehead atoms. The van der Waals surface area contributed by atoms with Crippen molar-refractivity contribution in [2.75, 3.05) is 5.75 Å². The first-order valence-corrected chi connectivity index (χ1v) is 11.3. The topological polar surface area (TPSA) is 90.5 Å². The molecule has 1 atom stereocenters. The van der Waals surface area contributed by atoms with Crippen molar-refractivity contribution in [1.82, 2.24) is 34.8 Å². The number of aryl methyl sites for hydroxylation is 3. The zero-order valence-corrected chi connectivity index (χ0v) is 19.3. The van der Waals surface area contributed by atoms with Gasteiger partial charge in [-0.05, 0) is 62.6 Å². The highest BCUT2D eigenvalue weighted by molar-refractivity contribution is 7.99. The van der Waals surface area contributed by atoms with Crippen LogP contribution in [0.3, 0.4) is 0 Å². The summed E-state index contributed by atoms with van der Waals surface area (Å²) in [5, 5.41) is 16.4. The van der Waals surface area contributed by atoms with E-state index in [2.05, 4.69) is 57.6 Å². The van der Waals surface area contributed by atoms with E-state index in [0.717, 1.165) is 33.9 Å². The molecule has 1 unspecified atom stereocenters. The molecule has 0 aliphatic heterocycles. The van der Waals surface area contributed by atoms with Crippen molar-refractivity contribution in [3.05, 3.63) is 77.6 Å². The van der Waals surface area contributed by atoms with Crippen LogP contribution in [-0.4, -0.2) is 41.2 Å². The number of thioether (sulfide) groups is 1. The third kappa shape index (κ3) is 4.72. The first-order valence-electron chi connectivity index (χ1n) is 10.3. The number of carbonyl (C=O) groups excluding carboxylic acids is 1. The summed E-state index contributed by atoms with van der Waals surface area (Å²) < 4.78 is 3.70. The molecule has 4 aromatic rings. The van der Waals surface area contributed by atoms with Crippen molar-refractivity contribution in [3.63, 3.8) is 0 Å². The van der Waals surface area contributed by atoms with Gasteiger partial charge in [-0.25, -0.2) is 9.67 Å². The number of nitrogens with zero attached hydrogens (tertiary/aromatic N) is 6. The molecule has 2 aromatic carbocycles. The van der Waals surface area contributed by atoms with Gasteiger partial charge in [0.05, 0.1) is 23.2 Å².